The molecule has 0 aliphatic heterocycles. The summed E-state index contributed by atoms with van der Waals surface area (Å²) < 4.78 is 6.04. The van der Waals surface area contributed by atoms with E-state index < -0.39 is 0 Å². The Labute approximate surface area is 131 Å². The van der Waals surface area contributed by atoms with Gasteiger partial charge in [0.15, 0.2) is 0 Å². The first-order chi connectivity index (χ1) is 9.66. The minimum Gasteiger partial charge on any atom is -0.493 e. The maximum atomic E-state index is 6.04. The predicted octanol–water partition coefficient (Wildman–Crippen LogP) is 4.79. The van der Waals surface area contributed by atoms with Crippen LogP contribution in [-0.2, 0) is 10.8 Å². The van der Waals surface area contributed by atoms with E-state index in [1.54, 1.807) is 0 Å². The molecular formula is C19H33NO. The molecule has 0 aromatic heterocycles. The molecule has 0 atom stereocenters. The first-order valence-electron chi connectivity index (χ1n) is 8.14. The standard InChI is InChI=1S/C19H33NO/c1-18(2,3)15-10-11-17(16(14-15)19(4,5)6)21-13-9-7-8-12-20/h10-11,14H,7-9,12-13,20H2,1-6H3. The average Bonchev–Trinajstić information content (AvgIpc) is 2.36. The van der Waals surface area contributed by atoms with Crippen LogP contribution in [0.2, 0.25) is 0 Å². The maximum Gasteiger partial charge on any atom is 0.123 e. The maximum absolute atomic E-state index is 6.04. The predicted molar refractivity (Wildman–Crippen MR) is 92.2 cm³/mol. The molecule has 2 N–H and O–H groups in total. The first-order valence-corrected chi connectivity index (χ1v) is 8.14. The van der Waals surface area contributed by atoms with Gasteiger partial charge in [0.25, 0.3) is 0 Å². The zero-order valence-corrected chi connectivity index (χ0v) is 14.8. The van der Waals surface area contributed by atoms with Crippen LogP contribution in [0.4, 0.5) is 0 Å². The Bertz CT molecular complexity index is 438. The number of hydrogen-bond donors (Lipinski definition) is 1. The molecule has 2 nitrogen and oxygen atoms in total. The molecule has 1 aromatic rings. The third-order valence-corrected chi connectivity index (χ3v) is 3.76. The molecule has 0 spiro atoms. The Kier molecular flexibility index (Phi) is 6.27. The minimum absolute atomic E-state index is 0.0911. The van der Waals surface area contributed by atoms with E-state index >= 15 is 0 Å². The highest BCUT2D eigenvalue weighted by Crippen LogP contribution is 2.35. The summed E-state index contributed by atoms with van der Waals surface area (Å²) in [7, 11) is 0. The van der Waals surface area contributed by atoms with Gasteiger partial charge >= 0.3 is 0 Å². The third-order valence-electron chi connectivity index (χ3n) is 3.76. The Morgan fingerprint density at radius 2 is 1.57 bits per heavy atom. The van der Waals surface area contributed by atoms with Gasteiger partial charge in [-0.3, -0.25) is 0 Å². The summed E-state index contributed by atoms with van der Waals surface area (Å²) in [4.78, 5) is 0. The van der Waals surface area contributed by atoms with E-state index in [1.165, 1.54) is 11.1 Å². The fraction of sp³-hybridized carbons (Fsp3) is 0.684. The number of unbranched alkanes of at least 4 members (excludes halogenated alkanes) is 2. The molecule has 0 aliphatic carbocycles. The SMILES string of the molecule is CC(C)(C)c1ccc(OCCCCCN)c(C(C)(C)C)c1. The Morgan fingerprint density at radius 3 is 2.10 bits per heavy atom. The normalized spacial score (nSPS) is 12.5. The summed E-state index contributed by atoms with van der Waals surface area (Å²) in [6, 6.07) is 6.66. The zero-order valence-electron chi connectivity index (χ0n) is 14.8. The summed E-state index contributed by atoms with van der Waals surface area (Å²) in [5, 5.41) is 0. The van der Waals surface area contributed by atoms with Gasteiger partial charge in [0.2, 0.25) is 0 Å². The second kappa shape index (κ2) is 7.31. The zero-order chi connectivity index (χ0) is 16.1. The lowest BCUT2D eigenvalue weighted by Gasteiger charge is -2.27. The largest absolute Gasteiger partial charge is 0.493 e. The molecule has 0 heterocycles. The van der Waals surface area contributed by atoms with Crippen LogP contribution < -0.4 is 10.5 Å². The van der Waals surface area contributed by atoms with E-state index in [-0.39, 0.29) is 10.8 Å². The van der Waals surface area contributed by atoms with E-state index in [2.05, 4.69) is 59.7 Å². The second-order valence-corrected chi connectivity index (χ2v) is 7.91. The molecule has 2 heteroatoms. The molecule has 0 unspecified atom stereocenters. The summed E-state index contributed by atoms with van der Waals surface area (Å²) >= 11 is 0. The van der Waals surface area contributed by atoms with Crippen molar-refractivity contribution < 1.29 is 4.74 Å². The van der Waals surface area contributed by atoms with E-state index in [9.17, 15) is 0 Å². The van der Waals surface area contributed by atoms with Gasteiger partial charge < -0.3 is 10.5 Å². The van der Waals surface area contributed by atoms with E-state index in [1.807, 2.05) is 0 Å². The van der Waals surface area contributed by atoms with Gasteiger partial charge in [0.05, 0.1) is 6.61 Å². The Morgan fingerprint density at radius 1 is 0.905 bits per heavy atom. The van der Waals surface area contributed by atoms with Gasteiger partial charge in [-0.15, -0.1) is 0 Å². The van der Waals surface area contributed by atoms with Gasteiger partial charge in [-0.2, -0.15) is 0 Å². The fourth-order valence-electron chi connectivity index (χ4n) is 2.31. The van der Waals surface area contributed by atoms with E-state index in [4.69, 9.17) is 10.5 Å². The summed E-state index contributed by atoms with van der Waals surface area (Å²) in [5.41, 5.74) is 8.44. The number of ether oxygens (including phenoxy) is 1. The van der Waals surface area contributed by atoms with Gasteiger partial charge in [0, 0.05) is 0 Å². The van der Waals surface area contributed by atoms with Crippen molar-refractivity contribution in [3.8, 4) is 5.75 Å². The fourth-order valence-corrected chi connectivity index (χ4v) is 2.31. The van der Waals surface area contributed by atoms with Crippen LogP contribution >= 0.6 is 0 Å². The first kappa shape index (κ1) is 18.0. The number of rotatable bonds is 6. The van der Waals surface area contributed by atoms with E-state index in [0.29, 0.717) is 0 Å². The molecular weight excluding hydrogens is 258 g/mol. The van der Waals surface area contributed by atoms with E-state index in [0.717, 1.165) is 38.2 Å². The molecule has 1 rings (SSSR count). The van der Waals surface area contributed by atoms with Gasteiger partial charge in [-0.1, -0.05) is 53.7 Å². The van der Waals surface area contributed by atoms with Crippen molar-refractivity contribution in [1.29, 1.82) is 0 Å². The quantitative estimate of drug-likeness (QED) is 0.765. The van der Waals surface area contributed by atoms with Crippen molar-refractivity contribution in [3.05, 3.63) is 29.3 Å². The summed E-state index contributed by atoms with van der Waals surface area (Å²) in [6.07, 6.45) is 3.29. The molecule has 120 valence electrons. The van der Waals surface area contributed by atoms with Crippen LogP contribution in [0.1, 0.15) is 71.9 Å². The van der Waals surface area contributed by atoms with Crippen LogP contribution in [0.25, 0.3) is 0 Å². The van der Waals surface area contributed by atoms with Gasteiger partial charge in [0.1, 0.15) is 5.75 Å². The van der Waals surface area contributed by atoms with Crippen molar-refractivity contribution >= 4 is 0 Å². The number of nitrogens with two attached hydrogens (primary N) is 1. The smallest absolute Gasteiger partial charge is 0.123 e. The molecule has 0 aliphatic rings. The van der Waals surface area contributed by atoms with Crippen LogP contribution in [0.15, 0.2) is 18.2 Å². The summed E-state index contributed by atoms with van der Waals surface area (Å²) in [6.45, 7) is 15.0. The average molecular weight is 291 g/mol. The van der Waals surface area contributed by atoms with Crippen molar-refractivity contribution in [2.75, 3.05) is 13.2 Å². The number of hydrogen-bond acceptors (Lipinski definition) is 2. The summed E-state index contributed by atoms with van der Waals surface area (Å²) in [5.74, 6) is 1.03. The van der Waals surface area contributed by atoms with Crippen molar-refractivity contribution in [1.82, 2.24) is 0 Å². The highest BCUT2D eigenvalue weighted by atomic mass is 16.5. The van der Waals surface area contributed by atoms with Crippen LogP contribution in [0, 0.1) is 0 Å². The third kappa shape index (κ3) is 5.70. The lowest BCUT2D eigenvalue weighted by molar-refractivity contribution is 0.297. The molecule has 21 heavy (non-hydrogen) atoms. The van der Waals surface area contributed by atoms with Crippen molar-refractivity contribution in [2.45, 2.75) is 71.6 Å². The second-order valence-electron chi connectivity index (χ2n) is 7.91. The van der Waals surface area contributed by atoms with Crippen LogP contribution in [0.3, 0.4) is 0 Å². The molecule has 1 aromatic carbocycles. The lowest BCUT2D eigenvalue weighted by atomic mass is 9.80. The van der Waals surface area contributed by atoms with Crippen molar-refractivity contribution in [3.63, 3.8) is 0 Å². The molecule has 0 amide bonds. The van der Waals surface area contributed by atoms with Gasteiger partial charge in [-0.05, 0) is 53.8 Å². The highest BCUT2D eigenvalue weighted by Gasteiger charge is 2.22. The molecule has 0 saturated carbocycles. The molecule has 0 saturated heterocycles. The van der Waals surface area contributed by atoms with Crippen molar-refractivity contribution in [2.24, 2.45) is 5.73 Å². The highest BCUT2D eigenvalue weighted by molar-refractivity contribution is 5.43. The minimum atomic E-state index is 0.0911. The van der Waals surface area contributed by atoms with Crippen LogP contribution in [-0.4, -0.2) is 13.2 Å². The molecule has 0 bridgehead atoms. The van der Waals surface area contributed by atoms with Gasteiger partial charge in [-0.25, -0.2) is 0 Å². The Hall–Kier alpha value is -1.02. The topological polar surface area (TPSA) is 35.2 Å². The monoisotopic (exact) mass is 291 g/mol. The Balaban J connectivity index is 2.88. The molecule has 0 fully saturated rings. The lowest BCUT2D eigenvalue weighted by Crippen LogP contribution is -2.18. The van der Waals surface area contributed by atoms with Crippen LogP contribution in [0.5, 0.6) is 5.75 Å². The number of benzene rings is 1. The molecule has 0 radical (unpaired) electrons.